The van der Waals surface area contributed by atoms with Crippen molar-refractivity contribution in [1.29, 1.82) is 0 Å². The molecule has 1 saturated heterocycles. The zero-order valence-electron chi connectivity index (χ0n) is 13.1. The summed E-state index contributed by atoms with van der Waals surface area (Å²) in [5.74, 6) is 0.870. The van der Waals surface area contributed by atoms with Gasteiger partial charge < -0.3 is 15.2 Å². The minimum Gasteiger partial charge on any atom is -0.337 e. The molecule has 3 rings (SSSR count). The highest BCUT2D eigenvalue weighted by atomic mass is 15.0. The molecule has 3 atom stereocenters. The van der Waals surface area contributed by atoms with Gasteiger partial charge in [-0.05, 0) is 57.5 Å². The average molecular weight is 290 g/mol. The standard InChI is InChI=1S/C17H30N4/c1-2-7-16(15(6-1)17-8-5-10-20-17)19-9-3-4-12-21-13-11-18-14-21/h11,13-17,19-20H,1-10,12H2. The SMILES string of the molecule is c1cn(CCCCNC2CCCCC2C2CCCN2)cn1. The van der Waals surface area contributed by atoms with Gasteiger partial charge in [-0.15, -0.1) is 0 Å². The smallest absolute Gasteiger partial charge is 0.0945 e. The van der Waals surface area contributed by atoms with Crippen molar-refractivity contribution in [3.63, 3.8) is 0 Å². The van der Waals surface area contributed by atoms with Gasteiger partial charge in [0.15, 0.2) is 0 Å². The number of nitrogens with one attached hydrogen (secondary N) is 2. The Bertz CT molecular complexity index is 384. The van der Waals surface area contributed by atoms with Gasteiger partial charge in [-0.1, -0.05) is 12.8 Å². The minimum atomic E-state index is 0.752. The van der Waals surface area contributed by atoms with Crippen LogP contribution in [0.15, 0.2) is 18.7 Å². The van der Waals surface area contributed by atoms with E-state index in [1.165, 1.54) is 64.5 Å². The lowest BCUT2D eigenvalue weighted by molar-refractivity contribution is 0.214. The topological polar surface area (TPSA) is 41.9 Å². The summed E-state index contributed by atoms with van der Waals surface area (Å²) >= 11 is 0. The highest BCUT2D eigenvalue weighted by Gasteiger charge is 2.32. The number of nitrogens with zero attached hydrogens (tertiary/aromatic N) is 2. The van der Waals surface area contributed by atoms with E-state index in [9.17, 15) is 0 Å². The van der Waals surface area contributed by atoms with Crippen LogP contribution in [0.4, 0.5) is 0 Å². The van der Waals surface area contributed by atoms with Gasteiger partial charge in [-0.2, -0.15) is 0 Å². The van der Waals surface area contributed by atoms with Crippen LogP contribution in [0.25, 0.3) is 0 Å². The van der Waals surface area contributed by atoms with Crippen LogP contribution < -0.4 is 10.6 Å². The summed E-state index contributed by atoms with van der Waals surface area (Å²) in [6, 6.07) is 1.54. The molecule has 0 aromatic carbocycles. The lowest BCUT2D eigenvalue weighted by Crippen LogP contribution is -2.47. The van der Waals surface area contributed by atoms with Crippen LogP contribution in [0.1, 0.15) is 51.4 Å². The fourth-order valence-electron chi connectivity index (χ4n) is 4.10. The predicted octanol–water partition coefficient (Wildman–Crippen LogP) is 2.56. The quantitative estimate of drug-likeness (QED) is 0.758. The summed E-state index contributed by atoms with van der Waals surface area (Å²) in [6.07, 6.45) is 16.7. The van der Waals surface area contributed by atoms with Crippen molar-refractivity contribution in [2.45, 2.75) is 70.0 Å². The molecule has 2 N–H and O–H groups in total. The maximum Gasteiger partial charge on any atom is 0.0945 e. The number of hydrogen-bond donors (Lipinski definition) is 2. The fraction of sp³-hybridized carbons (Fsp3) is 0.824. The fourth-order valence-corrected chi connectivity index (χ4v) is 4.10. The van der Waals surface area contributed by atoms with Gasteiger partial charge in [-0.25, -0.2) is 4.98 Å². The van der Waals surface area contributed by atoms with Crippen LogP contribution in [0.3, 0.4) is 0 Å². The Hall–Kier alpha value is -0.870. The molecule has 2 fully saturated rings. The maximum absolute atomic E-state index is 4.09. The van der Waals surface area contributed by atoms with Crippen LogP contribution in [-0.2, 0) is 6.54 Å². The maximum atomic E-state index is 4.09. The van der Waals surface area contributed by atoms with Gasteiger partial charge in [0.25, 0.3) is 0 Å². The van der Waals surface area contributed by atoms with E-state index in [-0.39, 0.29) is 0 Å². The van der Waals surface area contributed by atoms with Crippen molar-refractivity contribution < 1.29 is 0 Å². The first kappa shape index (κ1) is 15.0. The third kappa shape index (κ3) is 4.30. The van der Waals surface area contributed by atoms with Crippen LogP contribution in [0.5, 0.6) is 0 Å². The lowest BCUT2D eigenvalue weighted by Gasteiger charge is -2.36. The molecule has 1 aliphatic heterocycles. The number of aromatic nitrogens is 2. The van der Waals surface area contributed by atoms with Crippen LogP contribution in [0.2, 0.25) is 0 Å². The van der Waals surface area contributed by atoms with Gasteiger partial charge >= 0.3 is 0 Å². The first-order valence-electron chi connectivity index (χ1n) is 8.86. The predicted molar refractivity (Wildman–Crippen MR) is 86.2 cm³/mol. The molecule has 0 amide bonds. The summed E-state index contributed by atoms with van der Waals surface area (Å²) in [5.41, 5.74) is 0. The Balaban J connectivity index is 1.36. The molecule has 3 unspecified atom stereocenters. The molecule has 1 aromatic heterocycles. The molecule has 2 heterocycles. The van der Waals surface area contributed by atoms with Crippen molar-refractivity contribution in [3.05, 3.63) is 18.7 Å². The van der Waals surface area contributed by atoms with Crippen molar-refractivity contribution in [2.24, 2.45) is 5.92 Å². The highest BCUT2D eigenvalue weighted by molar-refractivity contribution is 4.91. The van der Waals surface area contributed by atoms with E-state index < -0.39 is 0 Å². The third-order valence-electron chi connectivity index (χ3n) is 5.24. The van der Waals surface area contributed by atoms with Crippen LogP contribution >= 0.6 is 0 Å². The van der Waals surface area contributed by atoms with Gasteiger partial charge in [0.2, 0.25) is 0 Å². The Morgan fingerprint density at radius 3 is 2.90 bits per heavy atom. The largest absolute Gasteiger partial charge is 0.337 e. The van der Waals surface area contributed by atoms with Gasteiger partial charge in [0.1, 0.15) is 0 Å². The first-order valence-corrected chi connectivity index (χ1v) is 8.86. The zero-order chi connectivity index (χ0) is 14.3. The summed E-state index contributed by atoms with van der Waals surface area (Å²) in [7, 11) is 0. The molecule has 1 aromatic rings. The second-order valence-corrected chi connectivity index (χ2v) is 6.72. The molecule has 4 nitrogen and oxygen atoms in total. The number of unbranched alkanes of at least 4 members (excludes halogenated alkanes) is 1. The van der Waals surface area contributed by atoms with Gasteiger partial charge in [-0.3, -0.25) is 0 Å². The van der Waals surface area contributed by atoms with Crippen molar-refractivity contribution in [1.82, 2.24) is 20.2 Å². The average Bonchev–Trinajstić information content (AvgIpc) is 3.21. The highest BCUT2D eigenvalue weighted by Crippen LogP contribution is 2.30. The third-order valence-corrected chi connectivity index (χ3v) is 5.24. The van der Waals surface area contributed by atoms with Crippen LogP contribution in [-0.4, -0.2) is 34.7 Å². The van der Waals surface area contributed by atoms with Crippen molar-refractivity contribution in [3.8, 4) is 0 Å². The van der Waals surface area contributed by atoms with E-state index in [1.807, 2.05) is 12.5 Å². The monoisotopic (exact) mass is 290 g/mol. The van der Waals surface area contributed by atoms with E-state index in [1.54, 1.807) is 0 Å². The molecular formula is C17H30N4. The van der Waals surface area contributed by atoms with Crippen molar-refractivity contribution in [2.75, 3.05) is 13.1 Å². The minimum absolute atomic E-state index is 0.752. The van der Waals surface area contributed by atoms with Gasteiger partial charge in [0.05, 0.1) is 6.33 Å². The molecule has 2 aliphatic rings. The molecule has 1 aliphatic carbocycles. The summed E-state index contributed by atoms with van der Waals surface area (Å²) < 4.78 is 2.17. The Morgan fingerprint density at radius 1 is 1.14 bits per heavy atom. The Morgan fingerprint density at radius 2 is 2.10 bits per heavy atom. The molecule has 0 radical (unpaired) electrons. The van der Waals surface area contributed by atoms with E-state index in [0.29, 0.717) is 0 Å². The molecular weight excluding hydrogens is 260 g/mol. The van der Waals surface area contributed by atoms with Crippen molar-refractivity contribution >= 4 is 0 Å². The summed E-state index contributed by atoms with van der Waals surface area (Å²) in [4.78, 5) is 4.09. The summed E-state index contributed by atoms with van der Waals surface area (Å²) in [6.45, 7) is 3.50. The Labute approximate surface area is 128 Å². The van der Waals surface area contributed by atoms with Crippen LogP contribution in [0, 0.1) is 5.92 Å². The molecule has 4 heteroatoms. The molecule has 0 bridgehead atoms. The Kier molecular flexibility index (Phi) is 5.69. The summed E-state index contributed by atoms with van der Waals surface area (Å²) in [5, 5.41) is 7.59. The second kappa shape index (κ2) is 7.95. The molecule has 1 saturated carbocycles. The number of imidazole rings is 1. The second-order valence-electron chi connectivity index (χ2n) is 6.72. The van der Waals surface area contributed by atoms with E-state index in [0.717, 1.165) is 24.5 Å². The van der Waals surface area contributed by atoms with E-state index in [2.05, 4.69) is 26.4 Å². The molecule has 21 heavy (non-hydrogen) atoms. The van der Waals surface area contributed by atoms with E-state index >= 15 is 0 Å². The lowest BCUT2D eigenvalue weighted by atomic mass is 9.79. The number of hydrogen-bond acceptors (Lipinski definition) is 3. The number of rotatable bonds is 7. The number of aryl methyl sites for hydroxylation is 1. The first-order chi connectivity index (χ1) is 10.4. The zero-order valence-corrected chi connectivity index (χ0v) is 13.1. The van der Waals surface area contributed by atoms with E-state index in [4.69, 9.17) is 0 Å². The molecule has 0 spiro atoms. The molecule has 118 valence electrons. The normalized spacial score (nSPS) is 29.8. The van der Waals surface area contributed by atoms with Gasteiger partial charge in [0, 0.05) is 31.0 Å².